The van der Waals surface area contributed by atoms with Crippen molar-refractivity contribution in [3.63, 3.8) is 0 Å². The lowest BCUT2D eigenvalue weighted by molar-refractivity contribution is 0.445. The van der Waals surface area contributed by atoms with E-state index in [2.05, 4.69) is 17.5 Å². The third kappa shape index (κ3) is 4.63. The van der Waals surface area contributed by atoms with E-state index in [0.29, 0.717) is 12.5 Å². The molecule has 1 N–H and O–H groups in total. The molecule has 1 unspecified atom stereocenters. The van der Waals surface area contributed by atoms with Crippen LogP contribution >= 0.6 is 0 Å². The molecule has 0 aromatic rings. The minimum Gasteiger partial charge on any atom is -0.315 e. The summed E-state index contributed by atoms with van der Waals surface area (Å²) < 4.78 is 24.2. The maximum Gasteiger partial charge on any atom is 0.214 e. The van der Waals surface area contributed by atoms with Gasteiger partial charge in [-0.2, -0.15) is 0 Å². The molecule has 4 nitrogen and oxygen atoms in total. The molecule has 16 heavy (non-hydrogen) atoms. The zero-order valence-electron chi connectivity index (χ0n) is 10.1. The molecular weight excluding hydrogens is 224 g/mol. The smallest absolute Gasteiger partial charge is 0.214 e. The standard InChI is InChI=1S/C11H22N2O2S/c1-13(2)16(14,15)9-8-12-10-11-6-4-3-5-7-11/h3-4,11-12H,5-10H2,1-2H3. The molecule has 0 saturated heterocycles. The molecule has 1 aliphatic carbocycles. The lowest BCUT2D eigenvalue weighted by atomic mass is 9.94. The average molecular weight is 246 g/mol. The molecule has 0 saturated carbocycles. The van der Waals surface area contributed by atoms with Gasteiger partial charge in [0.2, 0.25) is 10.0 Å². The monoisotopic (exact) mass is 246 g/mol. The van der Waals surface area contributed by atoms with E-state index in [9.17, 15) is 8.42 Å². The van der Waals surface area contributed by atoms with Crippen molar-refractivity contribution in [3.05, 3.63) is 12.2 Å². The Kier molecular flexibility index (Phi) is 5.44. The van der Waals surface area contributed by atoms with Crippen LogP contribution in [0.5, 0.6) is 0 Å². The highest BCUT2D eigenvalue weighted by atomic mass is 32.2. The van der Waals surface area contributed by atoms with E-state index in [1.54, 1.807) is 14.1 Å². The summed E-state index contributed by atoms with van der Waals surface area (Å²) in [7, 11) is 0.0971. The van der Waals surface area contributed by atoms with Crippen LogP contribution in [0.3, 0.4) is 0 Å². The quantitative estimate of drug-likeness (QED) is 0.558. The molecule has 94 valence electrons. The first-order valence-electron chi connectivity index (χ1n) is 5.78. The topological polar surface area (TPSA) is 49.4 Å². The van der Waals surface area contributed by atoms with Gasteiger partial charge in [0.1, 0.15) is 0 Å². The van der Waals surface area contributed by atoms with Crippen molar-refractivity contribution < 1.29 is 8.42 Å². The second-order valence-electron chi connectivity index (χ2n) is 4.45. The molecule has 0 radical (unpaired) electrons. The van der Waals surface area contributed by atoms with Crippen LogP contribution in [0.4, 0.5) is 0 Å². The Balaban J connectivity index is 2.14. The normalized spacial score (nSPS) is 21.6. The number of rotatable bonds is 6. The SMILES string of the molecule is CN(C)S(=O)(=O)CCNCC1CC=CCC1. The van der Waals surface area contributed by atoms with E-state index in [4.69, 9.17) is 0 Å². The number of hydrogen-bond donors (Lipinski definition) is 1. The number of nitrogens with zero attached hydrogens (tertiary/aromatic N) is 1. The van der Waals surface area contributed by atoms with Gasteiger partial charge in [-0.3, -0.25) is 0 Å². The molecule has 0 spiro atoms. The molecule has 0 aromatic heterocycles. The van der Waals surface area contributed by atoms with Crippen LogP contribution in [0.1, 0.15) is 19.3 Å². The molecule has 0 heterocycles. The highest BCUT2D eigenvalue weighted by molar-refractivity contribution is 7.89. The van der Waals surface area contributed by atoms with Crippen LogP contribution in [0.15, 0.2) is 12.2 Å². The van der Waals surface area contributed by atoms with Gasteiger partial charge in [0.15, 0.2) is 0 Å². The Morgan fingerprint density at radius 1 is 1.38 bits per heavy atom. The van der Waals surface area contributed by atoms with Crippen molar-refractivity contribution in [1.82, 2.24) is 9.62 Å². The second kappa shape index (κ2) is 6.37. The van der Waals surface area contributed by atoms with Gasteiger partial charge in [-0.05, 0) is 31.7 Å². The van der Waals surface area contributed by atoms with Crippen LogP contribution in [0, 0.1) is 5.92 Å². The number of hydrogen-bond acceptors (Lipinski definition) is 3. The van der Waals surface area contributed by atoms with E-state index in [1.165, 1.54) is 10.7 Å². The number of sulfonamides is 1. The van der Waals surface area contributed by atoms with Crippen molar-refractivity contribution in [2.75, 3.05) is 32.9 Å². The van der Waals surface area contributed by atoms with Gasteiger partial charge in [0.25, 0.3) is 0 Å². The maximum absolute atomic E-state index is 11.5. The predicted octanol–water partition coefficient (Wildman–Crippen LogP) is 0.824. The predicted molar refractivity (Wildman–Crippen MR) is 66.8 cm³/mol. The van der Waals surface area contributed by atoms with E-state index >= 15 is 0 Å². The largest absolute Gasteiger partial charge is 0.315 e. The summed E-state index contributed by atoms with van der Waals surface area (Å²) in [6.07, 6.45) is 7.92. The van der Waals surface area contributed by atoms with Crippen molar-refractivity contribution in [2.24, 2.45) is 5.92 Å². The van der Waals surface area contributed by atoms with Gasteiger partial charge in [0.05, 0.1) is 5.75 Å². The zero-order valence-corrected chi connectivity index (χ0v) is 11.0. The van der Waals surface area contributed by atoms with Gasteiger partial charge in [0, 0.05) is 20.6 Å². The molecule has 1 aliphatic rings. The summed E-state index contributed by atoms with van der Waals surface area (Å²) >= 11 is 0. The molecule has 5 heteroatoms. The van der Waals surface area contributed by atoms with Gasteiger partial charge < -0.3 is 5.32 Å². The van der Waals surface area contributed by atoms with Crippen molar-refractivity contribution in [2.45, 2.75) is 19.3 Å². The Morgan fingerprint density at radius 2 is 2.12 bits per heavy atom. The molecular formula is C11H22N2O2S. The van der Waals surface area contributed by atoms with Crippen molar-refractivity contribution >= 4 is 10.0 Å². The van der Waals surface area contributed by atoms with Gasteiger partial charge >= 0.3 is 0 Å². The fraction of sp³-hybridized carbons (Fsp3) is 0.818. The minimum atomic E-state index is -3.04. The lowest BCUT2D eigenvalue weighted by Gasteiger charge is -2.18. The van der Waals surface area contributed by atoms with Crippen molar-refractivity contribution in [3.8, 4) is 0 Å². The van der Waals surface area contributed by atoms with Gasteiger partial charge in [-0.25, -0.2) is 12.7 Å². The molecule has 1 rings (SSSR count). The van der Waals surface area contributed by atoms with E-state index < -0.39 is 10.0 Å². The summed E-state index contributed by atoms with van der Waals surface area (Å²) in [5.74, 6) is 0.856. The maximum atomic E-state index is 11.5. The third-order valence-corrected chi connectivity index (χ3v) is 4.74. The Hall–Kier alpha value is -0.390. The third-order valence-electron chi connectivity index (χ3n) is 2.90. The van der Waals surface area contributed by atoms with Crippen LogP contribution in [0.25, 0.3) is 0 Å². The van der Waals surface area contributed by atoms with Crippen LogP contribution in [-0.2, 0) is 10.0 Å². The summed E-state index contributed by atoms with van der Waals surface area (Å²) in [6.45, 7) is 1.47. The Morgan fingerprint density at radius 3 is 2.69 bits per heavy atom. The highest BCUT2D eigenvalue weighted by Gasteiger charge is 2.13. The first-order valence-corrected chi connectivity index (χ1v) is 7.39. The number of nitrogens with one attached hydrogen (secondary N) is 1. The first-order chi connectivity index (χ1) is 7.52. The number of allylic oxidation sites excluding steroid dienone is 2. The fourth-order valence-electron chi connectivity index (χ4n) is 1.73. The molecule has 0 bridgehead atoms. The van der Waals surface area contributed by atoms with E-state index in [0.717, 1.165) is 19.4 Å². The van der Waals surface area contributed by atoms with E-state index in [1.807, 2.05) is 0 Å². The zero-order chi connectivity index (χ0) is 12.0. The van der Waals surface area contributed by atoms with Crippen LogP contribution in [-0.4, -0.2) is 45.7 Å². The summed E-state index contributed by atoms with van der Waals surface area (Å²) in [5.41, 5.74) is 0. The Bertz CT molecular complexity index is 323. The lowest BCUT2D eigenvalue weighted by Crippen LogP contribution is -2.33. The minimum absolute atomic E-state index is 0.183. The molecule has 0 aliphatic heterocycles. The molecule has 1 atom stereocenters. The molecule has 0 fully saturated rings. The summed E-state index contributed by atoms with van der Waals surface area (Å²) in [4.78, 5) is 0. The molecule has 0 amide bonds. The molecule has 0 aromatic carbocycles. The highest BCUT2D eigenvalue weighted by Crippen LogP contribution is 2.16. The first kappa shape index (κ1) is 13.7. The van der Waals surface area contributed by atoms with E-state index in [-0.39, 0.29) is 5.75 Å². The van der Waals surface area contributed by atoms with Gasteiger partial charge in [-0.1, -0.05) is 12.2 Å². The fourth-order valence-corrected chi connectivity index (χ4v) is 2.50. The summed E-state index contributed by atoms with van der Waals surface area (Å²) in [5, 5.41) is 3.23. The summed E-state index contributed by atoms with van der Waals surface area (Å²) in [6, 6.07) is 0. The van der Waals surface area contributed by atoms with Crippen molar-refractivity contribution in [1.29, 1.82) is 0 Å². The van der Waals surface area contributed by atoms with Gasteiger partial charge in [-0.15, -0.1) is 0 Å². The Labute approximate surface area is 98.8 Å². The average Bonchev–Trinajstić information content (AvgIpc) is 2.26. The van der Waals surface area contributed by atoms with Crippen LogP contribution < -0.4 is 5.32 Å². The van der Waals surface area contributed by atoms with Crippen LogP contribution in [0.2, 0.25) is 0 Å². The second-order valence-corrected chi connectivity index (χ2v) is 6.76.